The highest BCUT2D eigenvalue weighted by molar-refractivity contribution is 7.89. The SMILES string of the molecule is CCC1CCCC(CS(N)(=O)=O)C1. The van der Waals surface area contributed by atoms with Crippen LogP contribution in [0, 0.1) is 11.8 Å². The molecule has 0 spiro atoms. The van der Waals surface area contributed by atoms with Crippen molar-refractivity contribution in [3.05, 3.63) is 0 Å². The Morgan fingerprint density at radius 2 is 1.92 bits per heavy atom. The van der Waals surface area contributed by atoms with Crippen molar-refractivity contribution < 1.29 is 8.42 Å². The molecule has 0 bridgehead atoms. The summed E-state index contributed by atoms with van der Waals surface area (Å²) in [6.45, 7) is 2.17. The second-order valence-electron chi connectivity index (χ2n) is 4.14. The van der Waals surface area contributed by atoms with E-state index < -0.39 is 10.0 Å². The Kier molecular flexibility index (Phi) is 3.74. The molecule has 0 aliphatic heterocycles. The van der Waals surface area contributed by atoms with Crippen LogP contribution >= 0.6 is 0 Å². The summed E-state index contributed by atoms with van der Waals surface area (Å²) in [6.07, 6.45) is 5.68. The molecule has 0 aromatic heterocycles. The average molecular weight is 205 g/mol. The molecule has 0 saturated heterocycles. The molecule has 0 radical (unpaired) electrons. The predicted molar refractivity (Wildman–Crippen MR) is 53.7 cm³/mol. The Morgan fingerprint density at radius 1 is 1.31 bits per heavy atom. The van der Waals surface area contributed by atoms with E-state index in [9.17, 15) is 8.42 Å². The van der Waals surface area contributed by atoms with Gasteiger partial charge in [-0.3, -0.25) is 0 Å². The lowest BCUT2D eigenvalue weighted by molar-refractivity contribution is 0.278. The summed E-state index contributed by atoms with van der Waals surface area (Å²) in [6, 6.07) is 0. The van der Waals surface area contributed by atoms with Crippen LogP contribution in [0.15, 0.2) is 0 Å². The van der Waals surface area contributed by atoms with Gasteiger partial charge in [-0.15, -0.1) is 0 Å². The fourth-order valence-corrected chi connectivity index (χ4v) is 3.21. The largest absolute Gasteiger partial charge is 0.229 e. The molecule has 3 nitrogen and oxygen atoms in total. The minimum absolute atomic E-state index is 0.184. The van der Waals surface area contributed by atoms with Crippen LogP contribution < -0.4 is 5.14 Å². The maximum atomic E-state index is 10.9. The van der Waals surface area contributed by atoms with Gasteiger partial charge in [0.1, 0.15) is 0 Å². The molecule has 78 valence electrons. The van der Waals surface area contributed by atoms with E-state index in [1.54, 1.807) is 0 Å². The number of nitrogens with two attached hydrogens (primary N) is 1. The van der Waals surface area contributed by atoms with Crippen molar-refractivity contribution >= 4 is 10.0 Å². The van der Waals surface area contributed by atoms with Gasteiger partial charge in [0.25, 0.3) is 0 Å². The highest BCUT2D eigenvalue weighted by Crippen LogP contribution is 2.31. The van der Waals surface area contributed by atoms with Gasteiger partial charge in [0.05, 0.1) is 5.75 Å². The van der Waals surface area contributed by atoms with Gasteiger partial charge in [-0.1, -0.05) is 26.2 Å². The molecule has 2 unspecified atom stereocenters. The normalized spacial score (nSPS) is 30.3. The van der Waals surface area contributed by atoms with Crippen molar-refractivity contribution in [2.75, 3.05) is 5.75 Å². The average Bonchev–Trinajstić information content (AvgIpc) is 2.01. The quantitative estimate of drug-likeness (QED) is 0.759. The van der Waals surface area contributed by atoms with Crippen LogP contribution in [0.3, 0.4) is 0 Å². The fraction of sp³-hybridized carbons (Fsp3) is 1.00. The lowest BCUT2D eigenvalue weighted by Crippen LogP contribution is -2.26. The summed E-state index contributed by atoms with van der Waals surface area (Å²) in [4.78, 5) is 0. The molecular weight excluding hydrogens is 186 g/mol. The van der Waals surface area contributed by atoms with Crippen LogP contribution in [-0.2, 0) is 10.0 Å². The first-order chi connectivity index (χ1) is 6.01. The van der Waals surface area contributed by atoms with E-state index in [0.29, 0.717) is 5.92 Å². The molecule has 0 amide bonds. The number of hydrogen-bond donors (Lipinski definition) is 1. The van der Waals surface area contributed by atoms with E-state index >= 15 is 0 Å². The third-order valence-electron chi connectivity index (χ3n) is 2.94. The first-order valence-electron chi connectivity index (χ1n) is 5.01. The Hall–Kier alpha value is -0.0900. The van der Waals surface area contributed by atoms with Crippen molar-refractivity contribution in [3.8, 4) is 0 Å². The molecule has 1 aliphatic carbocycles. The zero-order valence-electron chi connectivity index (χ0n) is 8.20. The lowest BCUT2D eigenvalue weighted by Gasteiger charge is -2.27. The molecule has 2 atom stereocenters. The van der Waals surface area contributed by atoms with Crippen LogP contribution in [-0.4, -0.2) is 14.2 Å². The van der Waals surface area contributed by atoms with Gasteiger partial charge in [0.2, 0.25) is 10.0 Å². The van der Waals surface area contributed by atoms with E-state index in [2.05, 4.69) is 6.92 Å². The highest BCUT2D eigenvalue weighted by atomic mass is 32.2. The summed E-state index contributed by atoms with van der Waals surface area (Å²) in [5, 5.41) is 5.03. The summed E-state index contributed by atoms with van der Waals surface area (Å²) in [5.74, 6) is 1.22. The van der Waals surface area contributed by atoms with Crippen molar-refractivity contribution in [1.29, 1.82) is 0 Å². The molecule has 13 heavy (non-hydrogen) atoms. The van der Waals surface area contributed by atoms with Crippen molar-refractivity contribution in [2.24, 2.45) is 17.0 Å². The van der Waals surface area contributed by atoms with Gasteiger partial charge < -0.3 is 0 Å². The highest BCUT2D eigenvalue weighted by Gasteiger charge is 2.23. The van der Waals surface area contributed by atoms with Crippen LogP contribution in [0.5, 0.6) is 0 Å². The number of primary sulfonamides is 1. The molecule has 1 aliphatic rings. The van der Waals surface area contributed by atoms with Gasteiger partial charge in [0, 0.05) is 0 Å². The fourth-order valence-electron chi connectivity index (χ4n) is 2.25. The van der Waals surface area contributed by atoms with Gasteiger partial charge in [-0.2, -0.15) is 0 Å². The van der Waals surface area contributed by atoms with Crippen LogP contribution in [0.1, 0.15) is 39.0 Å². The van der Waals surface area contributed by atoms with E-state index in [1.807, 2.05) is 0 Å². The maximum absolute atomic E-state index is 10.9. The number of rotatable bonds is 3. The Balaban J connectivity index is 2.43. The predicted octanol–water partition coefficient (Wildman–Crippen LogP) is 1.49. The van der Waals surface area contributed by atoms with E-state index in [4.69, 9.17) is 5.14 Å². The minimum Gasteiger partial charge on any atom is -0.229 e. The van der Waals surface area contributed by atoms with Gasteiger partial charge in [-0.25, -0.2) is 13.6 Å². The first-order valence-corrected chi connectivity index (χ1v) is 6.73. The van der Waals surface area contributed by atoms with Crippen molar-refractivity contribution in [3.63, 3.8) is 0 Å². The molecule has 1 fully saturated rings. The minimum atomic E-state index is -3.26. The molecule has 0 aromatic carbocycles. The monoisotopic (exact) mass is 205 g/mol. The van der Waals surface area contributed by atoms with Crippen LogP contribution in [0.4, 0.5) is 0 Å². The molecule has 4 heteroatoms. The maximum Gasteiger partial charge on any atom is 0.209 e. The Morgan fingerprint density at radius 3 is 2.46 bits per heavy atom. The molecule has 2 N–H and O–H groups in total. The van der Waals surface area contributed by atoms with Crippen molar-refractivity contribution in [2.45, 2.75) is 39.0 Å². The number of hydrogen-bond acceptors (Lipinski definition) is 2. The third-order valence-corrected chi connectivity index (χ3v) is 3.87. The summed E-state index contributed by atoms with van der Waals surface area (Å²) < 4.78 is 21.7. The Labute approximate surface area is 80.8 Å². The third kappa shape index (κ3) is 4.09. The lowest BCUT2D eigenvalue weighted by atomic mass is 9.81. The molecular formula is C9H19NO2S. The zero-order chi connectivity index (χ0) is 9.90. The first kappa shape index (κ1) is 11.0. The smallest absolute Gasteiger partial charge is 0.209 e. The molecule has 0 heterocycles. The zero-order valence-corrected chi connectivity index (χ0v) is 9.02. The second kappa shape index (κ2) is 4.42. The van der Waals surface area contributed by atoms with E-state index in [-0.39, 0.29) is 5.75 Å². The molecule has 1 rings (SSSR count). The molecule has 1 saturated carbocycles. The second-order valence-corrected chi connectivity index (χ2v) is 5.80. The van der Waals surface area contributed by atoms with Crippen molar-refractivity contribution in [1.82, 2.24) is 0 Å². The number of sulfonamides is 1. The van der Waals surface area contributed by atoms with Crippen LogP contribution in [0.2, 0.25) is 0 Å². The summed E-state index contributed by atoms with van der Waals surface area (Å²) in [7, 11) is -3.26. The topological polar surface area (TPSA) is 60.2 Å². The van der Waals surface area contributed by atoms with Crippen LogP contribution in [0.25, 0.3) is 0 Å². The van der Waals surface area contributed by atoms with Gasteiger partial charge >= 0.3 is 0 Å². The molecule has 0 aromatic rings. The van der Waals surface area contributed by atoms with Gasteiger partial charge in [-0.05, 0) is 24.7 Å². The summed E-state index contributed by atoms with van der Waals surface area (Å²) >= 11 is 0. The van der Waals surface area contributed by atoms with E-state index in [1.165, 1.54) is 19.3 Å². The van der Waals surface area contributed by atoms with Gasteiger partial charge in [0.15, 0.2) is 0 Å². The van der Waals surface area contributed by atoms with E-state index in [0.717, 1.165) is 18.8 Å². The standard InChI is InChI=1S/C9H19NO2S/c1-2-8-4-3-5-9(6-8)7-13(10,11)12/h8-9H,2-7H2,1H3,(H2,10,11,12). The Bertz CT molecular complexity index is 248. The summed E-state index contributed by atoms with van der Waals surface area (Å²) in [5.41, 5.74) is 0.